The van der Waals surface area contributed by atoms with E-state index in [0.717, 1.165) is 40.5 Å². The summed E-state index contributed by atoms with van der Waals surface area (Å²) in [6.07, 6.45) is 2.18. The average Bonchev–Trinajstić information content (AvgIpc) is 2.80. The van der Waals surface area contributed by atoms with Crippen molar-refractivity contribution in [2.45, 2.75) is 50.8 Å². The van der Waals surface area contributed by atoms with Crippen molar-refractivity contribution in [3.8, 4) is 23.0 Å². The van der Waals surface area contributed by atoms with Gasteiger partial charge in [-0.05, 0) is 49.2 Å². The predicted molar refractivity (Wildman–Crippen MR) is 121 cm³/mol. The molecule has 2 aromatic carbocycles. The second kappa shape index (κ2) is 9.79. The van der Waals surface area contributed by atoms with E-state index in [9.17, 15) is 5.11 Å². The lowest BCUT2D eigenvalue weighted by Gasteiger charge is -2.48. The zero-order valence-electron chi connectivity index (χ0n) is 19.4. The van der Waals surface area contributed by atoms with Gasteiger partial charge in [-0.3, -0.25) is 0 Å². The van der Waals surface area contributed by atoms with Crippen LogP contribution in [0.15, 0.2) is 36.4 Å². The minimum absolute atomic E-state index is 0.0405. The number of rotatable bonds is 8. The molecule has 3 rings (SSSR count). The van der Waals surface area contributed by atoms with E-state index in [0.29, 0.717) is 12.8 Å². The summed E-state index contributed by atoms with van der Waals surface area (Å²) in [6, 6.07) is 11.3. The van der Waals surface area contributed by atoms with Crippen molar-refractivity contribution in [2.24, 2.45) is 5.92 Å². The highest BCUT2D eigenvalue weighted by molar-refractivity contribution is 5.46. The van der Waals surface area contributed by atoms with Crippen LogP contribution >= 0.6 is 0 Å². The lowest BCUT2D eigenvalue weighted by Crippen LogP contribution is -2.52. The Morgan fingerprint density at radius 2 is 1.45 bits per heavy atom. The molecular weight excluding hydrogens is 394 g/mol. The van der Waals surface area contributed by atoms with Gasteiger partial charge >= 0.3 is 0 Å². The Labute approximate surface area is 185 Å². The molecule has 0 radical (unpaired) electrons. The largest absolute Gasteiger partial charge is 0.497 e. The Kier molecular flexibility index (Phi) is 7.34. The maximum absolute atomic E-state index is 11.8. The maximum Gasteiger partial charge on any atom is 0.123 e. The zero-order valence-corrected chi connectivity index (χ0v) is 19.4. The molecule has 170 valence electrons. The molecule has 0 bridgehead atoms. The van der Waals surface area contributed by atoms with Crippen molar-refractivity contribution in [2.75, 3.05) is 28.4 Å². The second-order valence-electron chi connectivity index (χ2n) is 8.26. The minimum atomic E-state index is -0.850. The van der Waals surface area contributed by atoms with Crippen molar-refractivity contribution in [3.63, 3.8) is 0 Å². The quantitative estimate of drug-likeness (QED) is 0.636. The molecule has 0 aromatic heterocycles. The topological polar surface area (TPSA) is 69.2 Å². The fourth-order valence-corrected chi connectivity index (χ4v) is 4.79. The Bertz CT molecular complexity index is 886. The van der Waals surface area contributed by atoms with E-state index in [1.54, 1.807) is 28.4 Å². The summed E-state index contributed by atoms with van der Waals surface area (Å²) >= 11 is 0. The molecule has 4 unspecified atom stereocenters. The molecule has 31 heavy (non-hydrogen) atoms. The maximum atomic E-state index is 11.8. The van der Waals surface area contributed by atoms with Gasteiger partial charge in [0.25, 0.3) is 0 Å². The lowest BCUT2D eigenvalue weighted by atomic mass is 9.70. The summed E-state index contributed by atoms with van der Waals surface area (Å²) in [7, 11) is 6.64. The first-order valence-electron chi connectivity index (χ1n) is 10.8. The molecule has 1 aliphatic heterocycles. The highest BCUT2D eigenvalue weighted by Crippen LogP contribution is 2.49. The van der Waals surface area contributed by atoms with E-state index in [1.807, 2.05) is 36.4 Å². The normalized spacial score (nSPS) is 25.7. The third kappa shape index (κ3) is 4.60. The number of nitrogens with one attached hydrogen (secondary N) is 1. The van der Waals surface area contributed by atoms with Gasteiger partial charge in [-0.25, -0.2) is 0 Å². The van der Waals surface area contributed by atoms with Gasteiger partial charge in [0.15, 0.2) is 0 Å². The first-order valence-corrected chi connectivity index (χ1v) is 10.8. The molecule has 4 atom stereocenters. The van der Waals surface area contributed by atoms with Gasteiger partial charge in [0.1, 0.15) is 23.0 Å². The molecule has 1 heterocycles. The van der Waals surface area contributed by atoms with Gasteiger partial charge in [0.05, 0.1) is 34.0 Å². The molecule has 0 amide bonds. The van der Waals surface area contributed by atoms with E-state index >= 15 is 0 Å². The molecule has 1 saturated heterocycles. The zero-order chi connectivity index (χ0) is 22.6. The van der Waals surface area contributed by atoms with Gasteiger partial charge in [-0.15, -0.1) is 0 Å². The molecule has 6 nitrogen and oxygen atoms in total. The lowest BCUT2D eigenvalue weighted by molar-refractivity contribution is -0.0748. The number of benzene rings is 2. The molecule has 1 aliphatic rings. The van der Waals surface area contributed by atoms with Crippen LogP contribution < -0.4 is 24.3 Å². The first-order chi connectivity index (χ1) is 14.9. The van der Waals surface area contributed by atoms with E-state index in [-0.39, 0.29) is 18.0 Å². The van der Waals surface area contributed by atoms with Crippen LogP contribution in [0.1, 0.15) is 56.3 Å². The van der Waals surface area contributed by atoms with E-state index in [2.05, 4.69) is 19.2 Å². The minimum Gasteiger partial charge on any atom is -0.497 e. The van der Waals surface area contributed by atoms with Crippen molar-refractivity contribution in [1.82, 2.24) is 5.32 Å². The van der Waals surface area contributed by atoms with Crippen LogP contribution in [0.3, 0.4) is 0 Å². The summed E-state index contributed by atoms with van der Waals surface area (Å²) in [5, 5.41) is 15.6. The smallest absolute Gasteiger partial charge is 0.123 e. The number of methoxy groups -OCH3 is 4. The number of aliphatic hydroxyl groups is 1. The van der Waals surface area contributed by atoms with E-state index in [1.165, 1.54) is 0 Å². The molecule has 2 aromatic rings. The summed E-state index contributed by atoms with van der Waals surface area (Å²) in [6.45, 7) is 4.21. The summed E-state index contributed by atoms with van der Waals surface area (Å²) < 4.78 is 22.3. The van der Waals surface area contributed by atoms with Gasteiger partial charge in [-0.1, -0.05) is 20.3 Å². The van der Waals surface area contributed by atoms with Crippen molar-refractivity contribution in [3.05, 3.63) is 47.5 Å². The van der Waals surface area contributed by atoms with Crippen molar-refractivity contribution in [1.29, 1.82) is 0 Å². The van der Waals surface area contributed by atoms with Crippen molar-refractivity contribution < 1.29 is 24.1 Å². The Hall–Kier alpha value is -2.44. The second-order valence-corrected chi connectivity index (χ2v) is 8.26. The van der Waals surface area contributed by atoms with Crippen LogP contribution in [0.2, 0.25) is 0 Å². The summed E-state index contributed by atoms with van der Waals surface area (Å²) in [4.78, 5) is 0. The molecule has 1 fully saturated rings. The van der Waals surface area contributed by atoms with Crippen LogP contribution in [0.25, 0.3) is 0 Å². The Balaban J connectivity index is 2.11. The van der Waals surface area contributed by atoms with Gasteiger partial charge < -0.3 is 29.4 Å². The van der Waals surface area contributed by atoms with Gasteiger partial charge in [0.2, 0.25) is 0 Å². The molecule has 0 aliphatic carbocycles. The SMILES string of the molecule is CCCC1(O)CC(c2cc(OC)ccc2OC)NC(c2cc(OC)ccc2OC)C1C. The monoisotopic (exact) mass is 429 g/mol. The average molecular weight is 430 g/mol. The van der Waals surface area contributed by atoms with Crippen LogP contribution in [0.5, 0.6) is 23.0 Å². The third-order valence-corrected chi connectivity index (χ3v) is 6.55. The van der Waals surface area contributed by atoms with E-state index < -0.39 is 5.60 Å². The van der Waals surface area contributed by atoms with Crippen molar-refractivity contribution >= 4 is 0 Å². The molecule has 2 N–H and O–H groups in total. The number of hydrogen-bond donors (Lipinski definition) is 2. The number of hydrogen-bond acceptors (Lipinski definition) is 6. The molecule has 0 spiro atoms. The van der Waals surface area contributed by atoms with E-state index in [4.69, 9.17) is 18.9 Å². The molecule has 0 saturated carbocycles. The van der Waals surface area contributed by atoms with Crippen LogP contribution in [0.4, 0.5) is 0 Å². The van der Waals surface area contributed by atoms with Crippen LogP contribution in [0, 0.1) is 5.92 Å². The number of ether oxygens (including phenoxy) is 4. The third-order valence-electron chi connectivity index (χ3n) is 6.55. The molecular formula is C25H35NO5. The van der Waals surface area contributed by atoms with Crippen LogP contribution in [-0.4, -0.2) is 39.1 Å². The highest BCUT2D eigenvalue weighted by atomic mass is 16.5. The highest BCUT2D eigenvalue weighted by Gasteiger charge is 2.46. The summed E-state index contributed by atoms with van der Waals surface area (Å²) in [5.41, 5.74) is 1.09. The Morgan fingerprint density at radius 3 is 1.97 bits per heavy atom. The fourth-order valence-electron chi connectivity index (χ4n) is 4.79. The summed E-state index contributed by atoms with van der Waals surface area (Å²) in [5.74, 6) is 3.00. The van der Waals surface area contributed by atoms with Gasteiger partial charge in [0, 0.05) is 29.1 Å². The standard InChI is InChI=1S/C25H35NO5/c1-7-12-25(27)15-21(19-13-17(28-3)8-10-22(19)30-5)26-24(16(25)2)20-14-18(29-4)9-11-23(20)31-6/h8-11,13-14,16,21,24,26-27H,7,12,15H2,1-6H3. The molecule has 6 heteroatoms. The van der Waals surface area contributed by atoms with Crippen LogP contribution in [-0.2, 0) is 0 Å². The number of piperidine rings is 1. The van der Waals surface area contributed by atoms with Gasteiger partial charge in [-0.2, -0.15) is 0 Å². The first kappa shape index (κ1) is 23.2. The fraction of sp³-hybridized carbons (Fsp3) is 0.520. The Morgan fingerprint density at radius 1 is 0.903 bits per heavy atom. The predicted octanol–water partition coefficient (Wildman–Crippen LogP) is 4.66.